The SMILES string of the molecule is N#Cc1ccnc(-c2[c-]c(-c3cccc4oc(-c5ccccc5O)nc34)ccc2)c1.[C-]#[N+]c1ccc(-c2[c-]c(-c3ccccn3)ccc2)c2nc(-c3ccccc3O)sc12.[C-]#[N+]c1ccc(-c2nc3c(-c4[c-]c(-c5ccccn5)ccc4)cccc3s2)c(O)c1.[C-]#[N+]c1ccc(O)c(-c2nc3c(-c4[c-]c(-c5ccccn5)ccc4)cccc3s2)c1.[Pt].[Pt].[Pt].[Pt]. The van der Waals surface area contributed by atoms with Gasteiger partial charge in [-0.05, 0) is 84.9 Å². The number of rotatable bonds is 12. The molecular weight excluding hydrogens is 2330 g/mol. The van der Waals surface area contributed by atoms with E-state index >= 15 is 0 Å². The molecule has 0 saturated carbocycles. The summed E-state index contributed by atoms with van der Waals surface area (Å²) in [6.07, 6.45) is 6.92. The number of fused-ring (bicyclic) bond motifs is 4. The molecule has 8 heterocycles. The predicted octanol–water partition coefficient (Wildman–Crippen LogP) is 25.8. The van der Waals surface area contributed by atoms with Crippen molar-refractivity contribution in [2.45, 2.75) is 0 Å². The van der Waals surface area contributed by atoms with E-state index in [-0.39, 0.29) is 107 Å². The normalized spacial score (nSPS) is 10.4. The van der Waals surface area contributed by atoms with Crippen LogP contribution < -0.4 is 0 Å². The van der Waals surface area contributed by atoms with Gasteiger partial charge in [0.2, 0.25) is 11.6 Å². The predicted molar refractivity (Wildman–Crippen MR) is 475 cm³/mol. The number of thiazole rings is 3. The molecule has 4 N–H and O–H groups in total. The molecule has 0 atom stereocenters. The number of aromatic nitrogens is 8. The van der Waals surface area contributed by atoms with Crippen LogP contribution in [0.5, 0.6) is 23.0 Å². The minimum atomic E-state index is 0. The van der Waals surface area contributed by atoms with Gasteiger partial charge < -0.3 is 24.8 Å². The Balaban J connectivity index is 0.000000141. The summed E-state index contributed by atoms with van der Waals surface area (Å²) in [7, 11) is 0. The van der Waals surface area contributed by atoms with Crippen LogP contribution in [-0.4, -0.2) is 60.3 Å². The number of hydrogen-bond donors (Lipinski definition) is 4. The number of benzene rings is 12. The van der Waals surface area contributed by atoms with E-state index in [4.69, 9.17) is 44.3 Å². The van der Waals surface area contributed by atoms with Crippen LogP contribution in [0.1, 0.15) is 5.56 Å². The van der Waals surface area contributed by atoms with E-state index in [1.165, 1.54) is 40.1 Å². The van der Waals surface area contributed by atoms with E-state index in [2.05, 4.69) is 69.8 Å². The Morgan fingerprint density at radius 1 is 0.315 bits per heavy atom. The molecule has 8 aromatic heterocycles. The maximum Gasteiger partial charge on any atom is 0.230 e. The number of hydrogen-bond acceptors (Lipinski definition) is 17. The van der Waals surface area contributed by atoms with Crippen molar-refractivity contribution in [1.82, 2.24) is 39.9 Å². The second-order valence-electron chi connectivity index (χ2n) is 26.7. The third kappa shape index (κ3) is 19.1. The van der Waals surface area contributed by atoms with Crippen LogP contribution in [-0.2, 0) is 84.3 Å². The van der Waals surface area contributed by atoms with Crippen LogP contribution in [0.15, 0.2) is 320 Å². The van der Waals surface area contributed by atoms with E-state index in [9.17, 15) is 20.4 Å². The second kappa shape index (κ2) is 40.3. The third-order valence-corrected chi connectivity index (χ3v) is 22.4. The molecule has 20 rings (SSSR count). The van der Waals surface area contributed by atoms with Crippen LogP contribution in [0, 0.1) is 55.3 Å². The summed E-state index contributed by atoms with van der Waals surface area (Å²) in [5, 5.41) is 52.3. The van der Waals surface area contributed by atoms with E-state index in [1.54, 1.807) is 97.6 Å². The van der Waals surface area contributed by atoms with Crippen molar-refractivity contribution < 1.29 is 109 Å². The molecule has 0 unspecified atom stereocenters. The molecule has 0 aliphatic rings. The van der Waals surface area contributed by atoms with E-state index < -0.39 is 0 Å². The van der Waals surface area contributed by atoms with Crippen molar-refractivity contribution in [3.63, 3.8) is 0 Å². The van der Waals surface area contributed by atoms with Crippen molar-refractivity contribution >= 4 is 92.8 Å². The smallest absolute Gasteiger partial charge is 0.230 e. The third-order valence-electron chi connectivity index (χ3n) is 19.2. The molecule has 124 heavy (non-hydrogen) atoms. The molecule has 0 bridgehead atoms. The Bertz CT molecular complexity index is 7470. The fraction of sp³-hybridized carbons (Fsp3) is 0. The van der Waals surface area contributed by atoms with Gasteiger partial charge in [-0.15, -0.1) is 153 Å². The summed E-state index contributed by atoms with van der Waals surface area (Å²) in [6.45, 7) is 21.9. The van der Waals surface area contributed by atoms with Crippen molar-refractivity contribution in [3.05, 3.63) is 380 Å². The standard InChI is InChI=1S/C25H14N3O2.3C25H14N3OS.4Pt/c26-15-16-11-12-27-21(13-16)18-6-3-5-17(14-18)19-8-4-10-23-24(19)28-25(30-23)20-7-1-2-9-22(20)29;1-26-18-11-12-22(29)20(15-18)25-28-24-19(8-5-10-23(24)30-25)16-6-4-7-17(14-16)21-9-2-3-13-27-21;1-26-18-11-12-20(22(29)15-18)25-28-24-19(8-5-10-23(24)30-25)16-6-4-7-17(14-16)21-9-2-3-13-27-21;1-26-21-13-12-18(16-7-6-8-17(15-16)20-10-4-5-14-27-20)23-24(21)30-25(28-23)19-9-2-3-11-22(19)29;;;;/h1-13,29H;2*2-13,15,29H;2-14,29H;;;;/q4*-1;;;;. The molecule has 0 fully saturated rings. The Hall–Kier alpha value is -13.7. The summed E-state index contributed by atoms with van der Waals surface area (Å²) in [4.78, 5) is 47.2. The quantitative estimate of drug-likeness (QED) is 0.0833. The number of aromatic hydroxyl groups is 4. The first-order chi connectivity index (χ1) is 58.9. The molecule has 0 amide bonds. The molecule has 0 aliphatic carbocycles. The summed E-state index contributed by atoms with van der Waals surface area (Å²) in [6, 6.07) is 106. The number of pyridine rings is 4. The molecule has 608 valence electrons. The number of nitriles is 1. The number of para-hydroxylation sites is 5. The van der Waals surface area contributed by atoms with Crippen LogP contribution in [0.2, 0.25) is 0 Å². The average Bonchev–Trinajstić information content (AvgIpc) is 1.63. The first-order valence-corrected chi connectivity index (χ1v) is 39.6. The van der Waals surface area contributed by atoms with Crippen molar-refractivity contribution in [2.75, 3.05) is 0 Å². The minimum absolute atomic E-state index is 0. The monoisotopic (exact) mass is 2380 g/mol. The number of phenols is 4. The van der Waals surface area contributed by atoms with Gasteiger partial charge in [0.05, 0.1) is 58.2 Å². The number of oxazole rings is 1. The molecule has 17 nitrogen and oxygen atoms in total. The summed E-state index contributed by atoms with van der Waals surface area (Å²) in [5.41, 5.74) is 22.2. The Morgan fingerprint density at radius 3 is 1.22 bits per heavy atom. The largest absolute Gasteiger partial charge is 0.509 e. The Morgan fingerprint density at radius 2 is 0.718 bits per heavy atom. The molecule has 24 heteroatoms. The number of phenolic OH excluding ortho intramolecular Hbond substituents is 4. The molecular formula is C100H56N12O5Pt4S3-4. The van der Waals surface area contributed by atoms with Gasteiger partial charge in [-0.2, -0.15) is 5.26 Å². The topological polar surface area (TPSA) is 234 Å². The van der Waals surface area contributed by atoms with Gasteiger partial charge in [0.1, 0.15) is 43.6 Å². The zero-order chi connectivity index (χ0) is 82.0. The maximum absolute atomic E-state index is 10.4. The first-order valence-electron chi connectivity index (χ1n) is 37.1. The van der Waals surface area contributed by atoms with Gasteiger partial charge >= 0.3 is 0 Å². The van der Waals surface area contributed by atoms with Crippen LogP contribution in [0.4, 0.5) is 17.1 Å². The van der Waals surface area contributed by atoms with E-state index in [0.717, 1.165) is 114 Å². The molecule has 0 spiro atoms. The van der Waals surface area contributed by atoms with Crippen molar-refractivity contribution in [2.24, 2.45) is 0 Å². The van der Waals surface area contributed by atoms with Gasteiger partial charge in [-0.3, -0.25) is 19.9 Å². The van der Waals surface area contributed by atoms with Gasteiger partial charge in [0.25, 0.3) is 0 Å². The molecule has 0 aliphatic heterocycles. The fourth-order valence-corrected chi connectivity index (χ4v) is 16.5. The summed E-state index contributed by atoms with van der Waals surface area (Å²) < 4.78 is 8.74. The maximum atomic E-state index is 10.4. The molecule has 0 saturated heterocycles. The van der Waals surface area contributed by atoms with Gasteiger partial charge in [0, 0.05) is 163 Å². The molecule has 0 radical (unpaired) electrons. The van der Waals surface area contributed by atoms with Crippen molar-refractivity contribution in [3.8, 4) is 162 Å². The zero-order valence-corrected chi connectivity index (χ0v) is 75.6. The second-order valence-corrected chi connectivity index (χ2v) is 29.8. The Kier molecular flexibility index (Phi) is 28.6. The molecule has 20 aromatic rings. The van der Waals surface area contributed by atoms with E-state index in [1.807, 2.05) is 212 Å². The van der Waals surface area contributed by atoms with Gasteiger partial charge in [0.15, 0.2) is 11.4 Å². The van der Waals surface area contributed by atoms with Crippen LogP contribution >= 0.6 is 34.0 Å². The summed E-state index contributed by atoms with van der Waals surface area (Å²) >= 11 is 4.42. The average molecular weight is 2380 g/mol. The van der Waals surface area contributed by atoms with Crippen LogP contribution in [0.25, 0.3) is 189 Å². The summed E-state index contributed by atoms with van der Waals surface area (Å²) in [5.74, 6) is 0.823. The van der Waals surface area contributed by atoms with Crippen LogP contribution in [0.3, 0.4) is 0 Å². The van der Waals surface area contributed by atoms with Gasteiger partial charge in [-0.1, -0.05) is 178 Å². The van der Waals surface area contributed by atoms with Gasteiger partial charge in [-0.25, -0.2) is 34.5 Å². The van der Waals surface area contributed by atoms with Crippen molar-refractivity contribution in [1.29, 1.82) is 5.26 Å². The Labute approximate surface area is 781 Å². The number of nitrogens with zero attached hydrogens (tertiary/aromatic N) is 12. The minimum Gasteiger partial charge on any atom is -0.509 e. The fourth-order valence-electron chi connectivity index (χ4n) is 13.4. The first kappa shape index (κ1) is 88.1. The van der Waals surface area contributed by atoms with E-state index in [0.29, 0.717) is 82.6 Å². The molecule has 12 aromatic carbocycles. The zero-order valence-electron chi connectivity index (χ0n) is 64.1.